The summed E-state index contributed by atoms with van der Waals surface area (Å²) in [6, 6.07) is 14.9. The van der Waals surface area contributed by atoms with Crippen LogP contribution in [0, 0.1) is 11.3 Å². The molecule has 1 atom stereocenters. The zero-order chi connectivity index (χ0) is 18.2. The second kappa shape index (κ2) is 8.50. The van der Waals surface area contributed by atoms with E-state index in [0.29, 0.717) is 22.6 Å². The Morgan fingerprint density at radius 3 is 2.20 bits per heavy atom. The van der Waals surface area contributed by atoms with Crippen molar-refractivity contribution in [3.8, 4) is 17.6 Å². The Morgan fingerprint density at radius 1 is 1.04 bits per heavy atom. The lowest BCUT2D eigenvalue weighted by molar-refractivity contribution is -0.149. The smallest absolute Gasteiger partial charge is 0.347 e. The maximum absolute atomic E-state index is 12.0. The summed E-state index contributed by atoms with van der Waals surface area (Å²) in [5.41, 5.74) is 0.918. The highest BCUT2D eigenvalue weighted by Crippen LogP contribution is 2.14. The van der Waals surface area contributed by atoms with Crippen molar-refractivity contribution in [3.63, 3.8) is 0 Å². The van der Waals surface area contributed by atoms with Gasteiger partial charge >= 0.3 is 5.97 Å². The van der Waals surface area contributed by atoms with E-state index in [1.54, 1.807) is 48.5 Å². The fourth-order valence-electron chi connectivity index (χ4n) is 1.97. The van der Waals surface area contributed by atoms with Crippen LogP contribution in [-0.4, -0.2) is 31.6 Å². The third-order valence-electron chi connectivity index (χ3n) is 3.39. The summed E-state index contributed by atoms with van der Waals surface area (Å²) >= 11 is 0. The number of esters is 1. The fourth-order valence-corrected chi connectivity index (χ4v) is 1.97. The van der Waals surface area contributed by atoms with Gasteiger partial charge in [0.1, 0.15) is 11.5 Å². The molecule has 0 aliphatic carbocycles. The number of Topliss-reactive ketones (excluding diaryl/α,β-unsaturated/α-hetero) is 1. The standard InChI is InChI=1S/C19H17NO5/c1-13(25-17-7-3-14(11-20)4-8-17)19(22)24-12-18(21)15-5-9-16(23-2)10-6-15/h3-10,13H,12H2,1-2H3. The van der Waals surface area contributed by atoms with E-state index in [9.17, 15) is 9.59 Å². The molecule has 6 heteroatoms. The average molecular weight is 339 g/mol. The van der Waals surface area contributed by atoms with Gasteiger partial charge in [-0.3, -0.25) is 4.79 Å². The van der Waals surface area contributed by atoms with Gasteiger partial charge < -0.3 is 14.2 Å². The van der Waals surface area contributed by atoms with Gasteiger partial charge in [-0.1, -0.05) is 0 Å². The van der Waals surface area contributed by atoms with Gasteiger partial charge in [-0.05, 0) is 55.5 Å². The quantitative estimate of drug-likeness (QED) is 0.569. The lowest BCUT2D eigenvalue weighted by Gasteiger charge is -2.13. The first-order valence-corrected chi connectivity index (χ1v) is 7.54. The van der Waals surface area contributed by atoms with E-state index < -0.39 is 12.1 Å². The molecule has 2 aromatic rings. The second-order valence-electron chi connectivity index (χ2n) is 5.16. The number of hydrogen-bond donors (Lipinski definition) is 0. The molecule has 128 valence electrons. The molecule has 0 fully saturated rings. The number of ether oxygens (including phenoxy) is 3. The predicted octanol–water partition coefficient (Wildman–Crippen LogP) is 2.76. The van der Waals surface area contributed by atoms with Crippen molar-refractivity contribution in [1.29, 1.82) is 5.26 Å². The molecule has 0 radical (unpaired) electrons. The molecular formula is C19H17NO5. The van der Waals surface area contributed by atoms with Crippen molar-refractivity contribution in [2.45, 2.75) is 13.0 Å². The summed E-state index contributed by atoms with van der Waals surface area (Å²) in [5, 5.41) is 8.74. The van der Waals surface area contributed by atoms with Gasteiger partial charge in [-0.2, -0.15) is 5.26 Å². The fraction of sp³-hybridized carbons (Fsp3) is 0.211. The second-order valence-corrected chi connectivity index (χ2v) is 5.16. The molecular weight excluding hydrogens is 322 g/mol. The van der Waals surface area contributed by atoms with E-state index in [4.69, 9.17) is 19.5 Å². The van der Waals surface area contributed by atoms with Gasteiger partial charge in [0.05, 0.1) is 18.7 Å². The molecule has 0 aliphatic rings. The van der Waals surface area contributed by atoms with Crippen LogP contribution < -0.4 is 9.47 Å². The molecule has 0 bridgehead atoms. The van der Waals surface area contributed by atoms with E-state index in [2.05, 4.69) is 0 Å². The molecule has 0 heterocycles. The number of carbonyl (C=O) groups excluding carboxylic acids is 2. The zero-order valence-electron chi connectivity index (χ0n) is 13.9. The molecule has 25 heavy (non-hydrogen) atoms. The van der Waals surface area contributed by atoms with Crippen LogP contribution in [0.15, 0.2) is 48.5 Å². The SMILES string of the molecule is COc1ccc(C(=O)COC(=O)C(C)Oc2ccc(C#N)cc2)cc1. The molecule has 0 amide bonds. The first kappa shape index (κ1) is 18.0. The number of carbonyl (C=O) groups is 2. The Kier molecular flexibility index (Phi) is 6.13. The van der Waals surface area contributed by atoms with Crippen molar-refractivity contribution in [3.05, 3.63) is 59.7 Å². The van der Waals surface area contributed by atoms with Crippen molar-refractivity contribution in [1.82, 2.24) is 0 Å². The Hall–Kier alpha value is -3.33. The minimum absolute atomic E-state index is 0.318. The Bertz CT molecular complexity index is 775. The number of benzene rings is 2. The van der Waals surface area contributed by atoms with Gasteiger partial charge in [0.2, 0.25) is 0 Å². The molecule has 1 unspecified atom stereocenters. The van der Waals surface area contributed by atoms with Crippen LogP contribution >= 0.6 is 0 Å². The van der Waals surface area contributed by atoms with Crippen LogP contribution in [0.4, 0.5) is 0 Å². The van der Waals surface area contributed by atoms with Crippen LogP contribution in [0.2, 0.25) is 0 Å². The van der Waals surface area contributed by atoms with Crippen molar-refractivity contribution >= 4 is 11.8 Å². The summed E-state index contributed by atoms with van der Waals surface area (Å²) in [5.74, 6) is 0.107. The van der Waals surface area contributed by atoms with Gasteiger partial charge in [-0.25, -0.2) is 4.79 Å². The highest BCUT2D eigenvalue weighted by atomic mass is 16.6. The first-order chi connectivity index (χ1) is 12.0. The van der Waals surface area contributed by atoms with Crippen molar-refractivity contribution < 1.29 is 23.8 Å². The molecule has 2 rings (SSSR count). The monoisotopic (exact) mass is 339 g/mol. The minimum Gasteiger partial charge on any atom is -0.497 e. The number of nitriles is 1. The van der Waals surface area contributed by atoms with Crippen LogP contribution in [0.25, 0.3) is 0 Å². The van der Waals surface area contributed by atoms with Crippen molar-refractivity contribution in [2.75, 3.05) is 13.7 Å². The summed E-state index contributed by atoms with van der Waals surface area (Å²) in [6.07, 6.45) is -0.878. The molecule has 0 saturated carbocycles. The number of hydrogen-bond acceptors (Lipinski definition) is 6. The molecule has 0 aromatic heterocycles. The maximum atomic E-state index is 12.0. The Balaban J connectivity index is 1.85. The minimum atomic E-state index is -0.878. The van der Waals surface area contributed by atoms with Crippen LogP contribution in [-0.2, 0) is 9.53 Å². The highest BCUT2D eigenvalue weighted by molar-refractivity contribution is 5.98. The zero-order valence-corrected chi connectivity index (χ0v) is 13.9. The summed E-state index contributed by atoms with van der Waals surface area (Å²) in [7, 11) is 1.54. The number of methoxy groups -OCH3 is 1. The van der Waals surface area contributed by atoms with E-state index in [1.165, 1.54) is 14.0 Å². The van der Waals surface area contributed by atoms with E-state index in [-0.39, 0.29) is 12.4 Å². The number of ketones is 1. The highest BCUT2D eigenvalue weighted by Gasteiger charge is 2.18. The third kappa shape index (κ3) is 5.08. The molecule has 0 N–H and O–H groups in total. The van der Waals surface area contributed by atoms with Gasteiger partial charge in [0.15, 0.2) is 18.5 Å². The van der Waals surface area contributed by atoms with E-state index >= 15 is 0 Å². The molecule has 0 saturated heterocycles. The maximum Gasteiger partial charge on any atom is 0.347 e. The Labute approximate surface area is 145 Å². The van der Waals surface area contributed by atoms with Gasteiger partial charge in [0, 0.05) is 5.56 Å². The molecule has 6 nitrogen and oxygen atoms in total. The van der Waals surface area contributed by atoms with Gasteiger partial charge in [-0.15, -0.1) is 0 Å². The summed E-state index contributed by atoms with van der Waals surface area (Å²) in [4.78, 5) is 23.9. The first-order valence-electron chi connectivity index (χ1n) is 7.54. The normalized spacial score (nSPS) is 11.1. The van der Waals surface area contributed by atoms with Crippen molar-refractivity contribution in [2.24, 2.45) is 0 Å². The lowest BCUT2D eigenvalue weighted by atomic mass is 10.1. The molecule has 0 spiro atoms. The summed E-state index contributed by atoms with van der Waals surface area (Å²) < 4.78 is 15.4. The van der Waals surface area contributed by atoms with Crippen LogP contribution in [0.5, 0.6) is 11.5 Å². The van der Waals surface area contributed by atoms with E-state index in [1.807, 2.05) is 6.07 Å². The van der Waals surface area contributed by atoms with E-state index in [0.717, 1.165) is 0 Å². The van der Waals surface area contributed by atoms with Crippen LogP contribution in [0.3, 0.4) is 0 Å². The lowest BCUT2D eigenvalue weighted by Crippen LogP contribution is -2.28. The van der Waals surface area contributed by atoms with Gasteiger partial charge in [0.25, 0.3) is 0 Å². The largest absolute Gasteiger partial charge is 0.497 e. The average Bonchev–Trinajstić information content (AvgIpc) is 2.66. The Morgan fingerprint density at radius 2 is 1.64 bits per heavy atom. The summed E-state index contributed by atoms with van der Waals surface area (Å²) in [6.45, 7) is 1.16. The third-order valence-corrected chi connectivity index (χ3v) is 3.39. The van der Waals surface area contributed by atoms with Crippen LogP contribution in [0.1, 0.15) is 22.8 Å². The molecule has 2 aromatic carbocycles. The number of rotatable bonds is 7. The predicted molar refractivity (Wildman–Crippen MR) is 89.5 cm³/mol. The molecule has 0 aliphatic heterocycles. The topological polar surface area (TPSA) is 85.6 Å². The number of nitrogens with zero attached hydrogens (tertiary/aromatic N) is 1.